The van der Waals surface area contributed by atoms with Crippen molar-refractivity contribution in [3.05, 3.63) is 58.9 Å². The van der Waals surface area contributed by atoms with Crippen molar-refractivity contribution in [1.82, 2.24) is 14.8 Å². The van der Waals surface area contributed by atoms with Crippen molar-refractivity contribution >= 4 is 5.91 Å². The lowest BCUT2D eigenvalue weighted by molar-refractivity contribution is 0.0575. The lowest BCUT2D eigenvalue weighted by atomic mass is 9.83. The smallest absolute Gasteiger partial charge is 0.251 e. The van der Waals surface area contributed by atoms with Crippen LogP contribution in [0.2, 0.25) is 0 Å². The van der Waals surface area contributed by atoms with Crippen LogP contribution in [0.25, 0.3) is 0 Å². The summed E-state index contributed by atoms with van der Waals surface area (Å²) in [5.74, 6) is 0.671. The molecule has 4 nitrogen and oxygen atoms in total. The number of piperidine rings is 2. The van der Waals surface area contributed by atoms with Crippen LogP contribution in [0.3, 0.4) is 0 Å². The molecule has 0 spiro atoms. The molecule has 4 heteroatoms. The first kappa shape index (κ1) is 19.3. The molecule has 0 aliphatic carbocycles. The molecule has 1 N–H and O–H groups in total. The molecule has 4 rings (SSSR count). The van der Waals surface area contributed by atoms with E-state index in [0.717, 1.165) is 18.7 Å². The summed E-state index contributed by atoms with van der Waals surface area (Å²) in [6.45, 7) is 8.42. The number of nitrogens with zero attached hydrogens (tertiary/aromatic N) is 2. The van der Waals surface area contributed by atoms with Crippen LogP contribution in [0.4, 0.5) is 0 Å². The van der Waals surface area contributed by atoms with Gasteiger partial charge < -0.3 is 14.8 Å². The molecular formula is C24H33N3O. The lowest BCUT2D eigenvalue weighted by Crippen LogP contribution is -2.51. The Morgan fingerprint density at radius 3 is 2.43 bits per heavy atom. The summed E-state index contributed by atoms with van der Waals surface area (Å²) >= 11 is 0. The number of aromatic nitrogens is 1. The molecule has 2 saturated heterocycles. The third-order valence-corrected chi connectivity index (χ3v) is 6.73. The van der Waals surface area contributed by atoms with Gasteiger partial charge in [0.2, 0.25) is 0 Å². The number of carbonyl (C=O) groups is 1. The second-order valence-corrected chi connectivity index (χ2v) is 8.61. The number of benzene rings is 1. The number of hydrogen-bond acceptors (Lipinski definition) is 2. The molecule has 1 aromatic carbocycles. The molecule has 2 aromatic rings. The van der Waals surface area contributed by atoms with Crippen molar-refractivity contribution in [2.24, 2.45) is 5.92 Å². The van der Waals surface area contributed by atoms with Gasteiger partial charge in [-0.2, -0.15) is 0 Å². The first-order chi connectivity index (χ1) is 13.6. The molecule has 1 amide bonds. The Morgan fingerprint density at radius 2 is 1.68 bits per heavy atom. The van der Waals surface area contributed by atoms with Gasteiger partial charge in [0.15, 0.2) is 0 Å². The minimum atomic E-state index is 0.0628. The Labute approximate surface area is 168 Å². The van der Waals surface area contributed by atoms with E-state index in [2.05, 4.69) is 52.9 Å². The fraction of sp³-hybridized carbons (Fsp3) is 0.542. The van der Waals surface area contributed by atoms with Crippen molar-refractivity contribution < 1.29 is 4.79 Å². The monoisotopic (exact) mass is 379 g/mol. The molecule has 2 aliphatic rings. The van der Waals surface area contributed by atoms with E-state index in [4.69, 9.17) is 0 Å². The minimum Gasteiger partial charge on any atom is -0.352 e. The maximum absolute atomic E-state index is 12.7. The zero-order valence-electron chi connectivity index (χ0n) is 17.3. The zero-order valence-corrected chi connectivity index (χ0v) is 17.3. The van der Waals surface area contributed by atoms with Gasteiger partial charge in [-0.3, -0.25) is 4.79 Å². The highest BCUT2D eigenvalue weighted by Gasteiger charge is 2.32. The van der Waals surface area contributed by atoms with Gasteiger partial charge in [0.05, 0.1) is 0 Å². The number of aryl methyl sites for hydroxylation is 2. The van der Waals surface area contributed by atoms with Crippen molar-refractivity contribution in [2.75, 3.05) is 19.6 Å². The number of fused-ring (bicyclic) bond motifs is 1. The van der Waals surface area contributed by atoms with Crippen LogP contribution in [-0.4, -0.2) is 41.1 Å². The Hall–Kier alpha value is -2.07. The van der Waals surface area contributed by atoms with E-state index in [1.807, 2.05) is 12.1 Å². The number of carbonyl (C=O) groups excluding carboxylic acids is 1. The molecule has 0 unspecified atom stereocenters. The molecule has 0 radical (unpaired) electrons. The fourth-order valence-corrected chi connectivity index (χ4v) is 5.03. The molecule has 2 aliphatic heterocycles. The van der Waals surface area contributed by atoms with Crippen LogP contribution in [0.15, 0.2) is 36.4 Å². The summed E-state index contributed by atoms with van der Waals surface area (Å²) in [6, 6.07) is 13.1. The first-order valence-electron chi connectivity index (χ1n) is 10.9. The van der Waals surface area contributed by atoms with E-state index in [-0.39, 0.29) is 5.91 Å². The van der Waals surface area contributed by atoms with Gasteiger partial charge in [0.25, 0.3) is 5.91 Å². The third-order valence-electron chi connectivity index (χ3n) is 6.73. The van der Waals surface area contributed by atoms with Crippen molar-refractivity contribution in [2.45, 2.75) is 58.5 Å². The van der Waals surface area contributed by atoms with E-state index in [1.165, 1.54) is 62.1 Å². The van der Waals surface area contributed by atoms with Gasteiger partial charge in [-0.25, -0.2) is 0 Å². The molecule has 2 atom stereocenters. The zero-order chi connectivity index (χ0) is 19.5. The van der Waals surface area contributed by atoms with Gasteiger partial charge in [-0.15, -0.1) is 0 Å². The molecule has 3 heterocycles. The highest BCUT2D eigenvalue weighted by molar-refractivity contribution is 5.94. The van der Waals surface area contributed by atoms with E-state index in [9.17, 15) is 4.79 Å². The Kier molecular flexibility index (Phi) is 5.86. The van der Waals surface area contributed by atoms with E-state index < -0.39 is 0 Å². The van der Waals surface area contributed by atoms with Crippen molar-refractivity contribution in [1.29, 1.82) is 0 Å². The van der Waals surface area contributed by atoms with Crippen LogP contribution < -0.4 is 5.32 Å². The molecule has 1 aromatic heterocycles. The second-order valence-electron chi connectivity index (χ2n) is 8.61. The molecule has 0 bridgehead atoms. The average molecular weight is 380 g/mol. The lowest BCUT2D eigenvalue weighted by Gasteiger charge is -2.44. The van der Waals surface area contributed by atoms with Gasteiger partial charge >= 0.3 is 0 Å². The largest absolute Gasteiger partial charge is 0.352 e. The normalized spacial score (nSPS) is 22.6. The Balaban J connectivity index is 1.33. The topological polar surface area (TPSA) is 37.3 Å². The van der Waals surface area contributed by atoms with E-state index >= 15 is 0 Å². The second kappa shape index (κ2) is 8.52. The van der Waals surface area contributed by atoms with Crippen LogP contribution in [0.1, 0.15) is 59.4 Å². The van der Waals surface area contributed by atoms with Crippen molar-refractivity contribution in [3.63, 3.8) is 0 Å². The molecular weight excluding hydrogens is 346 g/mol. The molecule has 0 saturated carbocycles. The third kappa shape index (κ3) is 4.17. The first-order valence-corrected chi connectivity index (χ1v) is 10.9. The number of nitrogens with one attached hydrogen (secondary N) is 1. The van der Waals surface area contributed by atoms with Crippen LogP contribution in [0, 0.1) is 19.8 Å². The predicted molar refractivity (Wildman–Crippen MR) is 114 cm³/mol. The maximum atomic E-state index is 12.7. The SMILES string of the molecule is Cc1ccc(C)n1Cc1ccc(C(=O)NC[C@@H]2CCCN3CCCC[C@H]23)cc1. The molecule has 28 heavy (non-hydrogen) atoms. The van der Waals surface area contributed by atoms with Gasteiger partial charge in [-0.05, 0) is 88.4 Å². The minimum absolute atomic E-state index is 0.0628. The van der Waals surface area contributed by atoms with E-state index in [1.54, 1.807) is 0 Å². The van der Waals surface area contributed by atoms with E-state index in [0.29, 0.717) is 12.0 Å². The Bertz CT molecular complexity index is 786. The highest BCUT2D eigenvalue weighted by Crippen LogP contribution is 2.30. The summed E-state index contributed by atoms with van der Waals surface area (Å²) in [5, 5.41) is 3.21. The predicted octanol–water partition coefficient (Wildman–Crippen LogP) is 4.15. The van der Waals surface area contributed by atoms with Crippen LogP contribution >= 0.6 is 0 Å². The van der Waals surface area contributed by atoms with Gasteiger partial charge in [0.1, 0.15) is 0 Å². The van der Waals surface area contributed by atoms with Gasteiger partial charge in [0, 0.05) is 36.1 Å². The number of hydrogen-bond donors (Lipinski definition) is 1. The summed E-state index contributed by atoms with van der Waals surface area (Å²) in [6.07, 6.45) is 6.49. The summed E-state index contributed by atoms with van der Waals surface area (Å²) in [4.78, 5) is 15.3. The summed E-state index contributed by atoms with van der Waals surface area (Å²) in [7, 11) is 0. The average Bonchev–Trinajstić information content (AvgIpc) is 3.04. The van der Waals surface area contributed by atoms with Crippen molar-refractivity contribution in [3.8, 4) is 0 Å². The molecule has 2 fully saturated rings. The van der Waals surface area contributed by atoms with Crippen LogP contribution in [0.5, 0.6) is 0 Å². The van der Waals surface area contributed by atoms with Crippen LogP contribution in [-0.2, 0) is 6.54 Å². The fourth-order valence-electron chi connectivity index (χ4n) is 5.03. The highest BCUT2D eigenvalue weighted by atomic mass is 16.1. The summed E-state index contributed by atoms with van der Waals surface area (Å²) in [5.41, 5.74) is 4.53. The van der Waals surface area contributed by atoms with Gasteiger partial charge in [-0.1, -0.05) is 18.6 Å². The standard InChI is InChI=1S/C24H33N3O/c1-18-8-9-19(2)27(18)17-20-10-12-21(13-11-20)24(28)25-16-22-6-5-15-26-14-4-3-7-23(22)26/h8-13,22-23H,3-7,14-17H2,1-2H3,(H,25,28)/t22-,23+/m0/s1. The Morgan fingerprint density at radius 1 is 0.964 bits per heavy atom. The quantitative estimate of drug-likeness (QED) is 0.847. The maximum Gasteiger partial charge on any atom is 0.251 e. The molecule has 150 valence electrons. The summed E-state index contributed by atoms with van der Waals surface area (Å²) < 4.78 is 2.30. The number of rotatable bonds is 5. The number of amides is 1.